The number of allylic oxidation sites excluding steroid dienone is 1. The fourth-order valence-corrected chi connectivity index (χ4v) is 3.67. The average Bonchev–Trinajstić information content (AvgIpc) is 2.46. The van der Waals surface area contributed by atoms with Crippen LogP contribution in [0.1, 0.15) is 119 Å². The minimum absolute atomic E-state index is 0.872. The van der Waals surface area contributed by atoms with Crippen LogP contribution < -0.4 is 0 Å². The molecule has 0 aromatic rings. The first-order valence-electron chi connectivity index (χ1n) is 10.9. The standard InChI is InChI=1S/C24H47/c1-20(2)12-8-14-22(5)16-10-18-24(7)19-11-17-23(6)15-9-13-21(3)4/h1,21-24H,8-19H2,2-7H3. The molecule has 0 aromatic heterocycles. The van der Waals surface area contributed by atoms with Gasteiger partial charge in [-0.2, -0.15) is 0 Å². The number of hydrogen-bond donors (Lipinski definition) is 0. The van der Waals surface area contributed by atoms with Crippen molar-refractivity contribution in [3.05, 3.63) is 12.2 Å². The zero-order valence-electron chi connectivity index (χ0n) is 17.9. The van der Waals surface area contributed by atoms with E-state index < -0.39 is 0 Å². The van der Waals surface area contributed by atoms with Crippen molar-refractivity contribution < 1.29 is 0 Å². The van der Waals surface area contributed by atoms with E-state index in [-0.39, 0.29) is 0 Å². The molecule has 0 heteroatoms. The molecule has 0 saturated carbocycles. The van der Waals surface area contributed by atoms with Gasteiger partial charge in [0.15, 0.2) is 0 Å². The Balaban J connectivity index is 3.51. The summed E-state index contributed by atoms with van der Waals surface area (Å²) in [5.74, 6) is 3.59. The first kappa shape index (κ1) is 23.7. The maximum absolute atomic E-state index is 5.74. The van der Waals surface area contributed by atoms with E-state index in [1.165, 1.54) is 70.6 Å². The van der Waals surface area contributed by atoms with E-state index in [1.54, 1.807) is 0 Å². The van der Waals surface area contributed by atoms with Gasteiger partial charge in [0.25, 0.3) is 0 Å². The third kappa shape index (κ3) is 16.6. The van der Waals surface area contributed by atoms with Crippen LogP contribution in [0, 0.1) is 30.3 Å². The van der Waals surface area contributed by atoms with E-state index in [0.717, 1.165) is 35.7 Å². The molecule has 3 atom stereocenters. The van der Waals surface area contributed by atoms with E-state index >= 15 is 0 Å². The van der Waals surface area contributed by atoms with Gasteiger partial charge in [0, 0.05) is 0 Å². The molecular weight excluding hydrogens is 288 g/mol. The molecule has 0 N–H and O–H groups in total. The molecule has 0 bridgehead atoms. The SMILES string of the molecule is [CH]=C(C)CCCC(C)CCCC(C)CCCC(C)CCCC(C)C. The molecule has 0 aliphatic rings. The molecule has 0 aromatic carbocycles. The lowest BCUT2D eigenvalue weighted by molar-refractivity contribution is 0.372. The lowest BCUT2D eigenvalue weighted by Crippen LogP contribution is -2.01. The second-order valence-corrected chi connectivity index (χ2v) is 9.24. The molecule has 0 heterocycles. The first-order valence-corrected chi connectivity index (χ1v) is 10.9. The maximum atomic E-state index is 5.74. The van der Waals surface area contributed by atoms with Crippen molar-refractivity contribution in [3.63, 3.8) is 0 Å². The van der Waals surface area contributed by atoms with Gasteiger partial charge < -0.3 is 0 Å². The van der Waals surface area contributed by atoms with Gasteiger partial charge in [-0.25, -0.2) is 0 Å². The molecule has 0 aliphatic carbocycles. The van der Waals surface area contributed by atoms with Crippen LogP contribution in [0.15, 0.2) is 5.57 Å². The van der Waals surface area contributed by atoms with Crippen LogP contribution in [0.2, 0.25) is 0 Å². The lowest BCUT2D eigenvalue weighted by atomic mass is 9.90. The molecule has 0 amide bonds. The second-order valence-electron chi connectivity index (χ2n) is 9.24. The highest BCUT2D eigenvalue weighted by Gasteiger charge is 2.08. The van der Waals surface area contributed by atoms with Crippen LogP contribution in [0.25, 0.3) is 0 Å². The normalized spacial score (nSPS) is 15.5. The first-order chi connectivity index (χ1) is 11.3. The van der Waals surface area contributed by atoms with Gasteiger partial charge in [0.1, 0.15) is 0 Å². The lowest BCUT2D eigenvalue weighted by Gasteiger charge is -2.16. The van der Waals surface area contributed by atoms with Gasteiger partial charge in [-0.1, -0.05) is 111 Å². The fraction of sp³-hybridized carbons (Fsp3) is 0.917. The summed E-state index contributed by atoms with van der Waals surface area (Å²) in [6.45, 7) is 19.8. The van der Waals surface area contributed by atoms with Gasteiger partial charge in [0.05, 0.1) is 0 Å². The Morgan fingerprint density at radius 1 is 0.583 bits per heavy atom. The van der Waals surface area contributed by atoms with Crippen LogP contribution in [0.5, 0.6) is 0 Å². The fourth-order valence-electron chi connectivity index (χ4n) is 3.67. The predicted molar refractivity (Wildman–Crippen MR) is 111 cm³/mol. The van der Waals surface area contributed by atoms with Gasteiger partial charge in [-0.15, -0.1) is 0 Å². The molecule has 24 heavy (non-hydrogen) atoms. The van der Waals surface area contributed by atoms with Crippen molar-refractivity contribution in [1.82, 2.24) is 0 Å². The molecule has 0 nitrogen and oxygen atoms in total. The largest absolute Gasteiger partial charge is 0.0733 e. The minimum Gasteiger partial charge on any atom is -0.0733 e. The summed E-state index contributed by atoms with van der Waals surface area (Å²) in [5, 5.41) is 0. The third-order valence-corrected chi connectivity index (χ3v) is 5.53. The quantitative estimate of drug-likeness (QED) is 0.265. The monoisotopic (exact) mass is 335 g/mol. The Bertz CT molecular complexity index is 288. The van der Waals surface area contributed by atoms with E-state index in [9.17, 15) is 0 Å². The van der Waals surface area contributed by atoms with Crippen molar-refractivity contribution in [2.45, 2.75) is 119 Å². The van der Waals surface area contributed by atoms with E-state index in [1.807, 2.05) is 6.92 Å². The average molecular weight is 336 g/mol. The van der Waals surface area contributed by atoms with Gasteiger partial charge in [0.2, 0.25) is 0 Å². The zero-order chi connectivity index (χ0) is 18.4. The molecule has 0 aliphatic heterocycles. The van der Waals surface area contributed by atoms with Crippen molar-refractivity contribution in [3.8, 4) is 0 Å². The highest BCUT2D eigenvalue weighted by molar-refractivity contribution is 4.83. The van der Waals surface area contributed by atoms with Crippen LogP contribution in [0.3, 0.4) is 0 Å². The highest BCUT2D eigenvalue weighted by atomic mass is 14.1. The maximum Gasteiger partial charge on any atom is -0.0320 e. The topological polar surface area (TPSA) is 0 Å². The molecule has 3 unspecified atom stereocenters. The molecule has 0 fully saturated rings. The van der Waals surface area contributed by atoms with Crippen LogP contribution in [-0.4, -0.2) is 0 Å². The summed E-state index contributed by atoms with van der Waals surface area (Å²) < 4.78 is 0. The second kappa shape index (κ2) is 15.0. The Labute approximate surface area is 154 Å². The van der Waals surface area contributed by atoms with E-state index in [2.05, 4.69) is 34.6 Å². The van der Waals surface area contributed by atoms with Crippen molar-refractivity contribution in [2.75, 3.05) is 0 Å². The number of hydrogen-bond acceptors (Lipinski definition) is 0. The number of rotatable bonds is 16. The van der Waals surface area contributed by atoms with Crippen molar-refractivity contribution in [2.24, 2.45) is 23.7 Å². The van der Waals surface area contributed by atoms with Crippen LogP contribution in [0.4, 0.5) is 0 Å². The Hall–Kier alpha value is -0.260. The molecule has 0 saturated heterocycles. The Morgan fingerprint density at radius 2 is 0.917 bits per heavy atom. The third-order valence-electron chi connectivity index (χ3n) is 5.53. The summed E-state index contributed by atoms with van der Waals surface area (Å²) in [6.07, 6.45) is 16.5. The summed E-state index contributed by atoms with van der Waals surface area (Å²) in [5.41, 5.74) is 1.09. The molecular formula is C24H47. The summed E-state index contributed by atoms with van der Waals surface area (Å²) in [6, 6.07) is 0. The summed E-state index contributed by atoms with van der Waals surface area (Å²) in [7, 11) is 0. The molecule has 143 valence electrons. The summed E-state index contributed by atoms with van der Waals surface area (Å²) in [4.78, 5) is 0. The molecule has 0 spiro atoms. The predicted octanol–water partition coefficient (Wildman–Crippen LogP) is 8.61. The minimum atomic E-state index is 0.872. The smallest absolute Gasteiger partial charge is 0.0320 e. The Kier molecular flexibility index (Phi) is 14.9. The van der Waals surface area contributed by atoms with Crippen LogP contribution >= 0.6 is 0 Å². The molecule has 0 rings (SSSR count). The van der Waals surface area contributed by atoms with Crippen molar-refractivity contribution >= 4 is 0 Å². The zero-order valence-corrected chi connectivity index (χ0v) is 17.9. The van der Waals surface area contributed by atoms with E-state index in [0.29, 0.717) is 0 Å². The van der Waals surface area contributed by atoms with Crippen LogP contribution in [-0.2, 0) is 0 Å². The van der Waals surface area contributed by atoms with Gasteiger partial charge in [-0.3, -0.25) is 0 Å². The molecule has 1 radical (unpaired) electrons. The van der Waals surface area contributed by atoms with Crippen molar-refractivity contribution in [1.29, 1.82) is 0 Å². The Morgan fingerprint density at radius 3 is 1.25 bits per heavy atom. The van der Waals surface area contributed by atoms with E-state index in [4.69, 9.17) is 6.58 Å². The van der Waals surface area contributed by atoms with Gasteiger partial charge >= 0.3 is 0 Å². The highest BCUT2D eigenvalue weighted by Crippen LogP contribution is 2.23. The summed E-state index contributed by atoms with van der Waals surface area (Å²) >= 11 is 0. The van der Waals surface area contributed by atoms with Gasteiger partial charge in [-0.05, 0) is 43.4 Å².